The molecule has 5 heteroatoms. The Morgan fingerprint density at radius 1 is 1.04 bits per heavy atom. The number of carbonyl (C=O) groups excluding carboxylic acids is 1. The Bertz CT molecular complexity index is 941. The van der Waals surface area contributed by atoms with Gasteiger partial charge in [0.1, 0.15) is 12.4 Å². The molecule has 1 saturated heterocycles. The second-order valence-corrected chi connectivity index (χ2v) is 6.98. The second-order valence-electron chi connectivity index (χ2n) is 6.98. The van der Waals surface area contributed by atoms with Crippen LogP contribution in [0.4, 0.5) is 0 Å². The van der Waals surface area contributed by atoms with Crippen LogP contribution in [-0.4, -0.2) is 48.1 Å². The zero-order valence-corrected chi connectivity index (χ0v) is 15.8. The molecular formula is C22H26N2O3. The lowest BCUT2D eigenvalue weighted by atomic mass is 10.1. The molecular weight excluding hydrogens is 340 g/mol. The van der Waals surface area contributed by atoms with Crippen molar-refractivity contribution in [2.24, 2.45) is 0 Å². The van der Waals surface area contributed by atoms with Gasteiger partial charge in [0.2, 0.25) is 0 Å². The summed E-state index contributed by atoms with van der Waals surface area (Å²) in [4.78, 5) is 15.0. The molecule has 142 valence electrons. The molecule has 0 amide bonds. The molecule has 0 saturated carbocycles. The number of hydrogen-bond acceptors (Lipinski definition) is 4. The molecule has 0 bridgehead atoms. The van der Waals surface area contributed by atoms with E-state index in [4.69, 9.17) is 9.47 Å². The van der Waals surface area contributed by atoms with E-state index < -0.39 is 0 Å². The first-order valence-electron chi connectivity index (χ1n) is 9.83. The van der Waals surface area contributed by atoms with Gasteiger partial charge >= 0.3 is 5.97 Å². The van der Waals surface area contributed by atoms with Crippen molar-refractivity contribution in [3.63, 3.8) is 0 Å². The highest BCUT2D eigenvalue weighted by atomic mass is 16.5. The van der Waals surface area contributed by atoms with Gasteiger partial charge < -0.3 is 13.9 Å². The highest BCUT2D eigenvalue weighted by Gasteiger charge is 2.19. The summed E-state index contributed by atoms with van der Waals surface area (Å²) in [5.41, 5.74) is 2.45. The number of aromatic nitrogens is 1. The Labute approximate surface area is 159 Å². The molecule has 3 heterocycles. The third kappa shape index (κ3) is 3.65. The maximum atomic E-state index is 12.5. The van der Waals surface area contributed by atoms with Crippen LogP contribution in [0.25, 0.3) is 16.4 Å². The van der Waals surface area contributed by atoms with Crippen LogP contribution in [0.15, 0.2) is 42.6 Å². The van der Waals surface area contributed by atoms with Gasteiger partial charge in [-0.25, -0.2) is 4.79 Å². The molecule has 0 unspecified atom stereocenters. The van der Waals surface area contributed by atoms with Crippen LogP contribution in [0.2, 0.25) is 0 Å². The van der Waals surface area contributed by atoms with Crippen molar-refractivity contribution in [1.29, 1.82) is 0 Å². The average Bonchev–Trinajstić information content (AvgIpc) is 3.03. The number of hydrogen-bond donors (Lipinski definition) is 0. The fourth-order valence-corrected chi connectivity index (χ4v) is 3.90. The summed E-state index contributed by atoms with van der Waals surface area (Å²) in [6.07, 6.45) is 5.89. The summed E-state index contributed by atoms with van der Waals surface area (Å²) in [5, 5.41) is 0.904. The molecule has 0 atom stereocenters. The fraction of sp³-hybridized carbons (Fsp3) is 0.409. The molecule has 0 spiro atoms. The topological polar surface area (TPSA) is 43.2 Å². The van der Waals surface area contributed by atoms with E-state index in [1.807, 2.05) is 53.9 Å². The summed E-state index contributed by atoms with van der Waals surface area (Å²) in [6.45, 7) is 6.17. The van der Waals surface area contributed by atoms with Crippen LogP contribution in [0.5, 0.6) is 5.75 Å². The molecule has 1 aliphatic rings. The number of nitrogens with zero attached hydrogens (tertiary/aromatic N) is 2. The summed E-state index contributed by atoms with van der Waals surface area (Å²) in [7, 11) is 0. The van der Waals surface area contributed by atoms with E-state index in [9.17, 15) is 4.79 Å². The number of pyridine rings is 1. The number of esters is 1. The van der Waals surface area contributed by atoms with Gasteiger partial charge in [-0.3, -0.25) is 4.90 Å². The van der Waals surface area contributed by atoms with Crippen molar-refractivity contribution in [1.82, 2.24) is 9.30 Å². The zero-order valence-electron chi connectivity index (χ0n) is 15.8. The molecule has 1 fully saturated rings. The minimum atomic E-state index is -0.282. The summed E-state index contributed by atoms with van der Waals surface area (Å²) in [5.74, 6) is 0.533. The molecule has 1 aliphatic heterocycles. The van der Waals surface area contributed by atoms with E-state index in [2.05, 4.69) is 4.90 Å². The molecule has 27 heavy (non-hydrogen) atoms. The number of ether oxygens (including phenoxy) is 2. The first-order chi connectivity index (χ1) is 13.3. The lowest BCUT2D eigenvalue weighted by molar-refractivity contribution is 0.0531. The molecule has 1 aromatic carbocycles. The Hall–Kier alpha value is -2.53. The fourth-order valence-electron chi connectivity index (χ4n) is 3.90. The normalized spacial score (nSPS) is 15.3. The van der Waals surface area contributed by atoms with Crippen molar-refractivity contribution < 1.29 is 14.3 Å². The molecule has 0 N–H and O–H groups in total. The van der Waals surface area contributed by atoms with Crippen molar-refractivity contribution in [2.75, 3.05) is 32.8 Å². The van der Waals surface area contributed by atoms with Crippen molar-refractivity contribution in [3.8, 4) is 5.75 Å². The van der Waals surface area contributed by atoms with Gasteiger partial charge in [-0.15, -0.1) is 0 Å². The predicted molar refractivity (Wildman–Crippen MR) is 107 cm³/mol. The Morgan fingerprint density at radius 2 is 1.85 bits per heavy atom. The van der Waals surface area contributed by atoms with Gasteiger partial charge in [-0.1, -0.05) is 24.6 Å². The maximum Gasteiger partial charge on any atom is 0.340 e. The summed E-state index contributed by atoms with van der Waals surface area (Å²) >= 11 is 0. The Balaban J connectivity index is 1.60. The van der Waals surface area contributed by atoms with Crippen LogP contribution in [0, 0.1) is 0 Å². The quantitative estimate of drug-likeness (QED) is 0.615. The summed E-state index contributed by atoms with van der Waals surface area (Å²) < 4.78 is 13.3. The molecule has 0 radical (unpaired) electrons. The number of piperidine rings is 1. The molecule has 0 aliphatic carbocycles. The van der Waals surface area contributed by atoms with Gasteiger partial charge in [0.05, 0.1) is 29.4 Å². The van der Waals surface area contributed by atoms with Crippen LogP contribution >= 0.6 is 0 Å². The lowest BCUT2D eigenvalue weighted by Gasteiger charge is -2.26. The van der Waals surface area contributed by atoms with E-state index in [0.717, 1.165) is 28.7 Å². The number of benzene rings is 1. The SMILES string of the molecule is CCOC(=O)c1c2ccccc2n2cc(OCCN3CCCCC3)ccc12. The highest BCUT2D eigenvalue weighted by molar-refractivity contribution is 6.11. The van der Waals surface area contributed by atoms with Crippen molar-refractivity contribution >= 4 is 22.4 Å². The van der Waals surface area contributed by atoms with Crippen molar-refractivity contribution in [2.45, 2.75) is 26.2 Å². The van der Waals surface area contributed by atoms with Crippen LogP contribution in [0.3, 0.4) is 0 Å². The third-order valence-corrected chi connectivity index (χ3v) is 5.21. The highest BCUT2D eigenvalue weighted by Crippen LogP contribution is 2.29. The minimum Gasteiger partial charge on any atom is -0.491 e. The first-order valence-corrected chi connectivity index (χ1v) is 9.83. The monoisotopic (exact) mass is 366 g/mol. The zero-order chi connectivity index (χ0) is 18.6. The number of rotatable bonds is 6. The van der Waals surface area contributed by atoms with Gasteiger partial charge in [0.25, 0.3) is 0 Å². The van der Waals surface area contributed by atoms with E-state index in [-0.39, 0.29) is 5.97 Å². The molecule has 3 aromatic rings. The van der Waals surface area contributed by atoms with E-state index in [1.165, 1.54) is 32.4 Å². The number of para-hydroxylation sites is 1. The third-order valence-electron chi connectivity index (χ3n) is 5.21. The number of fused-ring (bicyclic) bond motifs is 3. The Morgan fingerprint density at radius 3 is 2.67 bits per heavy atom. The molecule has 4 rings (SSSR count). The largest absolute Gasteiger partial charge is 0.491 e. The first kappa shape index (κ1) is 17.9. The van der Waals surface area contributed by atoms with Gasteiger partial charge in [0.15, 0.2) is 0 Å². The van der Waals surface area contributed by atoms with Gasteiger partial charge in [-0.05, 0) is 51.1 Å². The molecule has 5 nitrogen and oxygen atoms in total. The van der Waals surface area contributed by atoms with E-state index in [1.54, 1.807) is 0 Å². The minimum absolute atomic E-state index is 0.282. The number of likely N-dealkylation sites (tertiary alicyclic amines) is 1. The van der Waals surface area contributed by atoms with Crippen LogP contribution in [0.1, 0.15) is 36.5 Å². The van der Waals surface area contributed by atoms with Gasteiger partial charge in [0, 0.05) is 11.9 Å². The predicted octanol–water partition coefficient (Wildman–Crippen LogP) is 4.13. The van der Waals surface area contributed by atoms with E-state index >= 15 is 0 Å². The average molecular weight is 366 g/mol. The second kappa shape index (κ2) is 8.01. The van der Waals surface area contributed by atoms with Gasteiger partial charge in [-0.2, -0.15) is 0 Å². The standard InChI is InChI=1S/C22H26N2O3/c1-2-26-22(25)21-18-8-4-5-9-19(18)24-16-17(10-11-20(21)24)27-15-14-23-12-6-3-7-13-23/h4-5,8-11,16H,2-3,6-7,12-15H2,1H3. The van der Waals surface area contributed by atoms with Crippen LogP contribution in [-0.2, 0) is 4.74 Å². The summed E-state index contributed by atoms with van der Waals surface area (Å²) in [6, 6.07) is 11.8. The smallest absolute Gasteiger partial charge is 0.340 e. The van der Waals surface area contributed by atoms with E-state index in [0.29, 0.717) is 18.8 Å². The lowest BCUT2D eigenvalue weighted by Crippen LogP contribution is -2.33. The Kier molecular flexibility index (Phi) is 5.30. The van der Waals surface area contributed by atoms with Crippen LogP contribution < -0.4 is 4.74 Å². The number of carbonyl (C=O) groups is 1. The molecule has 2 aromatic heterocycles. The van der Waals surface area contributed by atoms with Crippen molar-refractivity contribution in [3.05, 3.63) is 48.2 Å². The maximum absolute atomic E-state index is 12.5.